The normalized spacial score (nSPS) is 13.2. The minimum atomic E-state index is 0.0173. The molecule has 0 aliphatic carbocycles. The number of fused-ring (bicyclic) bond motifs is 1. The lowest BCUT2D eigenvalue weighted by molar-refractivity contribution is -0.118. The third kappa shape index (κ3) is 3.23. The van der Waals surface area contributed by atoms with E-state index in [0.717, 1.165) is 5.56 Å². The van der Waals surface area contributed by atoms with E-state index in [1.807, 2.05) is 12.1 Å². The summed E-state index contributed by atoms with van der Waals surface area (Å²) >= 11 is 7.65. The van der Waals surface area contributed by atoms with Crippen LogP contribution in [-0.2, 0) is 10.5 Å². The van der Waals surface area contributed by atoms with Crippen molar-refractivity contribution in [2.45, 2.75) is 5.75 Å². The number of nitrogens with one attached hydrogen (secondary N) is 1. The van der Waals surface area contributed by atoms with Crippen molar-refractivity contribution in [3.63, 3.8) is 0 Å². The second kappa shape index (κ2) is 6.20. The number of thioether (sulfide) groups is 1. The molecule has 2 rings (SSSR count). The van der Waals surface area contributed by atoms with Crippen molar-refractivity contribution < 1.29 is 14.3 Å². The van der Waals surface area contributed by atoms with Crippen molar-refractivity contribution in [3.05, 3.63) is 22.7 Å². The van der Waals surface area contributed by atoms with Crippen molar-refractivity contribution in [2.75, 3.05) is 26.0 Å². The van der Waals surface area contributed by atoms with Crippen LogP contribution < -0.4 is 14.8 Å². The van der Waals surface area contributed by atoms with E-state index in [1.165, 1.54) is 11.8 Å². The Balaban J connectivity index is 2.01. The molecule has 98 valence electrons. The van der Waals surface area contributed by atoms with Crippen LogP contribution in [0.15, 0.2) is 12.1 Å². The highest BCUT2D eigenvalue weighted by Gasteiger charge is 2.16. The van der Waals surface area contributed by atoms with Gasteiger partial charge in [-0.3, -0.25) is 4.79 Å². The zero-order valence-electron chi connectivity index (χ0n) is 9.99. The molecule has 0 fully saturated rings. The lowest BCUT2D eigenvalue weighted by Gasteiger charge is -2.20. The zero-order chi connectivity index (χ0) is 13.0. The molecule has 6 heteroatoms. The monoisotopic (exact) mass is 287 g/mol. The van der Waals surface area contributed by atoms with E-state index >= 15 is 0 Å². The minimum Gasteiger partial charge on any atom is -0.486 e. The summed E-state index contributed by atoms with van der Waals surface area (Å²) in [5.74, 6) is 2.46. The predicted molar refractivity (Wildman–Crippen MR) is 72.7 cm³/mol. The van der Waals surface area contributed by atoms with Crippen LogP contribution in [0.25, 0.3) is 0 Å². The molecule has 0 bridgehead atoms. The van der Waals surface area contributed by atoms with Gasteiger partial charge in [-0.25, -0.2) is 0 Å². The molecular formula is C12H14ClNO3S. The predicted octanol–water partition coefficient (Wildman–Crippen LogP) is 2.09. The zero-order valence-corrected chi connectivity index (χ0v) is 11.6. The summed E-state index contributed by atoms with van der Waals surface area (Å²) < 4.78 is 10.9. The first-order chi connectivity index (χ1) is 8.70. The number of benzene rings is 1. The molecule has 1 aliphatic rings. The van der Waals surface area contributed by atoms with Crippen LogP contribution in [0.5, 0.6) is 11.5 Å². The smallest absolute Gasteiger partial charge is 0.229 e. The molecule has 1 heterocycles. The van der Waals surface area contributed by atoms with Crippen molar-refractivity contribution in [3.8, 4) is 11.5 Å². The van der Waals surface area contributed by atoms with Crippen LogP contribution in [0.1, 0.15) is 5.56 Å². The Morgan fingerprint density at radius 3 is 3.00 bits per heavy atom. The largest absolute Gasteiger partial charge is 0.486 e. The van der Waals surface area contributed by atoms with Gasteiger partial charge in [0.25, 0.3) is 0 Å². The summed E-state index contributed by atoms with van der Waals surface area (Å²) in [5, 5.41) is 3.14. The summed E-state index contributed by atoms with van der Waals surface area (Å²) in [4.78, 5) is 11.1. The van der Waals surface area contributed by atoms with Gasteiger partial charge in [-0.05, 0) is 17.7 Å². The van der Waals surface area contributed by atoms with Gasteiger partial charge in [0.05, 0.1) is 10.8 Å². The van der Waals surface area contributed by atoms with Gasteiger partial charge in [0.1, 0.15) is 13.2 Å². The average Bonchev–Trinajstić information content (AvgIpc) is 2.38. The Morgan fingerprint density at radius 1 is 1.44 bits per heavy atom. The standard InChI is InChI=1S/C12H14ClNO3S/c1-14-11(15)7-18-6-8-4-9(13)12-10(5-8)16-2-3-17-12/h4-5H,2-3,6-7H2,1H3,(H,14,15). The first-order valence-corrected chi connectivity index (χ1v) is 7.10. The Kier molecular flexibility index (Phi) is 4.60. The van der Waals surface area contributed by atoms with E-state index < -0.39 is 0 Å². The van der Waals surface area contributed by atoms with E-state index in [-0.39, 0.29) is 5.91 Å². The van der Waals surface area contributed by atoms with Crippen molar-refractivity contribution in [1.29, 1.82) is 0 Å². The third-order valence-corrected chi connectivity index (χ3v) is 3.72. The van der Waals surface area contributed by atoms with Gasteiger partial charge in [0.2, 0.25) is 5.91 Å². The number of halogens is 1. The molecule has 0 saturated carbocycles. The fourth-order valence-corrected chi connectivity index (χ4v) is 2.70. The lowest BCUT2D eigenvalue weighted by Crippen LogP contribution is -2.19. The molecule has 1 aliphatic heterocycles. The van der Waals surface area contributed by atoms with Gasteiger partial charge in [0.15, 0.2) is 11.5 Å². The van der Waals surface area contributed by atoms with Crippen molar-refractivity contribution >= 4 is 29.3 Å². The number of carbonyl (C=O) groups is 1. The summed E-state index contributed by atoms with van der Waals surface area (Å²) in [6.45, 7) is 1.07. The van der Waals surface area contributed by atoms with Crippen molar-refractivity contribution in [2.24, 2.45) is 0 Å². The van der Waals surface area contributed by atoms with Crippen LogP contribution in [0.2, 0.25) is 5.02 Å². The van der Waals surface area contributed by atoms with E-state index in [4.69, 9.17) is 21.1 Å². The van der Waals surface area contributed by atoms with Gasteiger partial charge in [-0.2, -0.15) is 0 Å². The Bertz CT molecular complexity index is 453. The Morgan fingerprint density at radius 2 is 2.22 bits per heavy atom. The third-order valence-electron chi connectivity index (χ3n) is 2.44. The second-order valence-electron chi connectivity index (χ2n) is 3.77. The lowest BCUT2D eigenvalue weighted by atomic mass is 10.2. The highest BCUT2D eigenvalue weighted by Crippen LogP contribution is 2.38. The first-order valence-electron chi connectivity index (χ1n) is 5.57. The van der Waals surface area contributed by atoms with Crippen LogP contribution in [0, 0.1) is 0 Å². The molecule has 4 nitrogen and oxygen atoms in total. The average molecular weight is 288 g/mol. The maximum Gasteiger partial charge on any atom is 0.229 e. The summed E-state index contributed by atoms with van der Waals surface area (Å²) in [7, 11) is 1.63. The number of hydrogen-bond acceptors (Lipinski definition) is 4. The van der Waals surface area contributed by atoms with Gasteiger partial charge in [-0.1, -0.05) is 11.6 Å². The fourth-order valence-electron chi connectivity index (χ4n) is 1.58. The van der Waals surface area contributed by atoms with E-state index in [2.05, 4.69) is 5.32 Å². The minimum absolute atomic E-state index is 0.0173. The van der Waals surface area contributed by atoms with E-state index in [0.29, 0.717) is 41.2 Å². The summed E-state index contributed by atoms with van der Waals surface area (Å²) in [5.41, 5.74) is 1.03. The number of carbonyl (C=O) groups excluding carboxylic acids is 1. The molecule has 1 aromatic rings. The molecule has 0 spiro atoms. The highest BCUT2D eigenvalue weighted by atomic mass is 35.5. The maximum atomic E-state index is 11.1. The highest BCUT2D eigenvalue weighted by molar-refractivity contribution is 7.99. The molecule has 0 unspecified atom stereocenters. The Labute approximate surface area is 115 Å². The molecule has 1 aromatic carbocycles. The number of hydrogen-bond donors (Lipinski definition) is 1. The maximum absolute atomic E-state index is 11.1. The molecule has 0 saturated heterocycles. The molecule has 0 radical (unpaired) electrons. The molecule has 0 atom stereocenters. The quantitative estimate of drug-likeness (QED) is 0.921. The molecular weight excluding hydrogens is 274 g/mol. The van der Waals surface area contributed by atoms with Crippen LogP contribution in [0.3, 0.4) is 0 Å². The topological polar surface area (TPSA) is 47.6 Å². The second-order valence-corrected chi connectivity index (χ2v) is 5.16. The molecule has 1 amide bonds. The number of rotatable bonds is 4. The number of ether oxygens (including phenoxy) is 2. The summed E-state index contributed by atoms with van der Waals surface area (Å²) in [6, 6.07) is 3.77. The molecule has 18 heavy (non-hydrogen) atoms. The van der Waals surface area contributed by atoms with Crippen LogP contribution in [-0.4, -0.2) is 31.9 Å². The molecule has 1 N–H and O–H groups in total. The Hall–Kier alpha value is -1.07. The fraction of sp³-hybridized carbons (Fsp3) is 0.417. The SMILES string of the molecule is CNC(=O)CSCc1cc(Cl)c2c(c1)OCCO2. The van der Waals surface area contributed by atoms with E-state index in [1.54, 1.807) is 7.05 Å². The molecule has 0 aromatic heterocycles. The van der Waals surface area contributed by atoms with Gasteiger partial charge in [-0.15, -0.1) is 11.8 Å². The van der Waals surface area contributed by atoms with Gasteiger partial charge in [0, 0.05) is 12.8 Å². The van der Waals surface area contributed by atoms with Gasteiger partial charge < -0.3 is 14.8 Å². The van der Waals surface area contributed by atoms with Crippen LogP contribution in [0.4, 0.5) is 0 Å². The summed E-state index contributed by atoms with van der Waals surface area (Å²) in [6.07, 6.45) is 0. The van der Waals surface area contributed by atoms with Crippen molar-refractivity contribution in [1.82, 2.24) is 5.32 Å². The van der Waals surface area contributed by atoms with Crippen LogP contribution >= 0.6 is 23.4 Å². The van der Waals surface area contributed by atoms with Gasteiger partial charge >= 0.3 is 0 Å². The van der Waals surface area contributed by atoms with E-state index in [9.17, 15) is 4.79 Å². The first kappa shape index (κ1) is 13.4. The number of amides is 1.